The number of halogens is 3. The fraction of sp³-hybridized carbons (Fsp3) is 0.778. The summed E-state index contributed by atoms with van der Waals surface area (Å²) < 4.78 is 36.4. The molecule has 1 N–H and O–H groups in total. The molecule has 0 aromatic rings. The fourth-order valence-corrected chi connectivity index (χ4v) is 1.65. The number of rotatable bonds is 1. The van der Waals surface area contributed by atoms with Crippen molar-refractivity contribution in [3.05, 3.63) is 11.1 Å². The van der Waals surface area contributed by atoms with Crippen molar-refractivity contribution in [3.63, 3.8) is 0 Å². The highest BCUT2D eigenvalue weighted by Crippen LogP contribution is 2.33. The van der Waals surface area contributed by atoms with Crippen LogP contribution in [0.1, 0.15) is 32.6 Å². The highest BCUT2D eigenvalue weighted by Gasteiger charge is 2.41. The standard InChI is InChI=1S/C9H13F3O/c1-6-4-2-3-5-7(6)8(13)9(10,11)12/h8,13H,2-5H2,1H3. The van der Waals surface area contributed by atoms with Crippen LogP contribution in [0.5, 0.6) is 0 Å². The van der Waals surface area contributed by atoms with Gasteiger partial charge >= 0.3 is 6.18 Å². The summed E-state index contributed by atoms with van der Waals surface area (Å²) in [5.74, 6) is 0. The summed E-state index contributed by atoms with van der Waals surface area (Å²) in [6.45, 7) is 1.67. The van der Waals surface area contributed by atoms with Gasteiger partial charge in [-0.2, -0.15) is 13.2 Å². The van der Waals surface area contributed by atoms with Gasteiger partial charge in [0.25, 0.3) is 0 Å². The third-order valence-corrected chi connectivity index (χ3v) is 2.44. The zero-order valence-corrected chi connectivity index (χ0v) is 7.49. The van der Waals surface area contributed by atoms with Crippen LogP contribution in [0.3, 0.4) is 0 Å². The van der Waals surface area contributed by atoms with Gasteiger partial charge in [0.15, 0.2) is 6.10 Å². The topological polar surface area (TPSA) is 20.2 Å². The van der Waals surface area contributed by atoms with E-state index in [9.17, 15) is 13.2 Å². The molecule has 1 unspecified atom stereocenters. The average Bonchev–Trinajstić information content (AvgIpc) is 2.02. The van der Waals surface area contributed by atoms with Gasteiger partial charge in [0, 0.05) is 0 Å². The summed E-state index contributed by atoms with van der Waals surface area (Å²) in [6.07, 6.45) is -4.00. The molecule has 0 spiro atoms. The van der Waals surface area contributed by atoms with Crippen molar-refractivity contribution in [2.45, 2.75) is 44.9 Å². The molecule has 76 valence electrons. The number of allylic oxidation sites excluding steroid dienone is 1. The number of hydrogen-bond acceptors (Lipinski definition) is 1. The van der Waals surface area contributed by atoms with E-state index in [4.69, 9.17) is 5.11 Å². The van der Waals surface area contributed by atoms with E-state index in [-0.39, 0.29) is 5.57 Å². The Morgan fingerprint density at radius 1 is 1.23 bits per heavy atom. The Morgan fingerprint density at radius 3 is 2.23 bits per heavy atom. The van der Waals surface area contributed by atoms with E-state index in [0.29, 0.717) is 18.4 Å². The molecule has 1 nitrogen and oxygen atoms in total. The minimum Gasteiger partial charge on any atom is -0.379 e. The van der Waals surface area contributed by atoms with E-state index >= 15 is 0 Å². The van der Waals surface area contributed by atoms with Gasteiger partial charge in [-0.1, -0.05) is 5.57 Å². The first-order chi connectivity index (χ1) is 5.93. The van der Waals surface area contributed by atoms with E-state index in [1.807, 2.05) is 0 Å². The highest BCUT2D eigenvalue weighted by atomic mass is 19.4. The molecular formula is C9H13F3O. The van der Waals surface area contributed by atoms with Crippen LogP contribution in [0.25, 0.3) is 0 Å². The monoisotopic (exact) mass is 194 g/mol. The largest absolute Gasteiger partial charge is 0.418 e. The zero-order valence-electron chi connectivity index (χ0n) is 7.49. The summed E-state index contributed by atoms with van der Waals surface area (Å²) in [7, 11) is 0. The summed E-state index contributed by atoms with van der Waals surface area (Å²) in [6, 6.07) is 0. The smallest absolute Gasteiger partial charge is 0.379 e. The molecule has 13 heavy (non-hydrogen) atoms. The molecular weight excluding hydrogens is 181 g/mol. The van der Waals surface area contributed by atoms with Crippen molar-refractivity contribution in [2.75, 3.05) is 0 Å². The first-order valence-electron chi connectivity index (χ1n) is 4.36. The lowest BCUT2D eigenvalue weighted by atomic mass is 9.89. The van der Waals surface area contributed by atoms with Gasteiger partial charge in [-0.3, -0.25) is 0 Å². The summed E-state index contributed by atoms with van der Waals surface area (Å²) in [5, 5.41) is 9.00. The maximum absolute atomic E-state index is 12.1. The second kappa shape index (κ2) is 3.70. The maximum Gasteiger partial charge on any atom is 0.418 e. The Hall–Kier alpha value is -0.510. The van der Waals surface area contributed by atoms with Gasteiger partial charge in [0.2, 0.25) is 0 Å². The van der Waals surface area contributed by atoms with Crippen molar-refractivity contribution in [1.29, 1.82) is 0 Å². The molecule has 1 aliphatic rings. The number of hydrogen-bond donors (Lipinski definition) is 1. The van der Waals surface area contributed by atoms with Crippen molar-refractivity contribution < 1.29 is 18.3 Å². The summed E-state index contributed by atoms with van der Waals surface area (Å²) >= 11 is 0. The van der Waals surface area contributed by atoms with Gasteiger partial charge < -0.3 is 5.11 Å². The van der Waals surface area contributed by atoms with Crippen LogP contribution in [0.15, 0.2) is 11.1 Å². The molecule has 1 aliphatic carbocycles. The Morgan fingerprint density at radius 2 is 1.77 bits per heavy atom. The van der Waals surface area contributed by atoms with Gasteiger partial charge in [0.05, 0.1) is 0 Å². The third-order valence-electron chi connectivity index (χ3n) is 2.44. The van der Waals surface area contributed by atoms with E-state index in [1.54, 1.807) is 6.92 Å². The Kier molecular flexibility index (Phi) is 3.01. The number of aliphatic hydroxyl groups is 1. The molecule has 0 aliphatic heterocycles. The minimum atomic E-state index is -4.51. The SMILES string of the molecule is CC1=C(C(O)C(F)(F)F)CCCC1. The van der Waals surface area contributed by atoms with Crippen molar-refractivity contribution in [1.82, 2.24) is 0 Å². The van der Waals surface area contributed by atoms with Crippen LogP contribution >= 0.6 is 0 Å². The quantitative estimate of drug-likeness (QED) is 0.636. The number of alkyl halides is 3. The summed E-state index contributed by atoms with van der Waals surface area (Å²) in [4.78, 5) is 0. The fourth-order valence-electron chi connectivity index (χ4n) is 1.65. The molecule has 0 fully saturated rings. The molecule has 0 saturated heterocycles. The van der Waals surface area contributed by atoms with E-state index in [0.717, 1.165) is 12.8 Å². The first kappa shape index (κ1) is 10.6. The summed E-state index contributed by atoms with van der Waals surface area (Å²) in [5.41, 5.74) is 0.884. The van der Waals surface area contributed by atoms with Crippen molar-refractivity contribution >= 4 is 0 Å². The molecule has 0 aromatic heterocycles. The Labute approximate surface area is 75.3 Å². The van der Waals surface area contributed by atoms with E-state index in [2.05, 4.69) is 0 Å². The van der Waals surface area contributed by atoms with Crippen LogP contribution in [-0.4, -0.2) is 17.4 Å². The molecule has 1 rings (SSSR count). The van der Waals surface area contributed by atoms with Crippen LogP contribution < -0.4 is 0 Å². The molecule has 0 aromatic carbocycles. The van der Waals surface area contributed by atoms with E-state index in [1.165, 1.54) is 0 Å². The molecule has 0 bridgehead atoms. The molecule has 0 amide bonds. The lowest BCUT2D eigenvalue weighted by Gasteiger charge is -2.23. The van der Waals surface area contributed by atoms with Crippen molar-refractivity contribution in [3.8, 4) is 0 Å². The van der Waals surface area contributed by atoms with E-state index < -0.39 is 12.3 Å². The van der Waals surface area contributed by atoms with Gasteiger partial charge in [0.1, 0.15) is 0 Å². The Bertz CT molecular complexity index is 217. The van der Waals surface area contributed by atoms with Crippen LogP contribution in [0, 0.1) is 0 Å². The second-order valence-corrected chi connectivity index (χ2v) is 3.46. The highest BCUT2D eigenvalue weighted by molar-refractivity contribution is 5.20. The normalized spacial score (nSPS) is 21.9. The van der Waals surface area contributed by atoms with Crippen LogP contribution in [0.4, 0.5) is 13.2 Å². The maximum atomic E-state index is 12.1. The minimum absolute atomic E-state index is 0.179. The predicted molar refractivity (Wildman–Crippen MR) is 43.2 cm³/mol. The lowest BCUT2D eigenvalue weighted by Crippen LogP contribution is -2.31. The predicted octanol–water partition coefficient (Wildman–Crippen LogP) is 2.80. The zero-order chi connectivity index (χ0) is 10.1. The second-order valence-electron chi connectivity index (χ2n) is 3.46. The molecule has 0 heterocycles. The third kappa shape index (κ3) is 2.46. The molecule has 0 radical (unpaired) electrons. The molecule has 4 heteroatoms. The average molecular weight is 194 g/mol. The molecule has 1 atom stereocenters. The number of aliphatic hydroxyl groups excluding tert-OH is 1. The Balaban J connectivity index is 2.81. The van der Waals surface area contributed by atoms with Gasteiger partial charge in [-0.05, 0) is 38.2 Å². The van der Waals surface area contributed by atoms with Crippen LogP contribution in [0.2, 0.25) is 0 Å². The van der Waals surface area contributed by atoms with Crippen molar-refractivity contribution in [2.24, 2.45) is 0 Å². The molecule has 0 saturated carbocycles. The first-order valence-corrected chi connectivity index (χ1v) is 4.36. The lowest BCUT2D eigenvalue weighted by molar-refractivity contribution is -0.192. The van der Waals surface area contributed by atoms with Gasteiger partial charge in [-0.25, -0.2) is 0 Å². The van der Waals surface area contributed by atoms with Crippen LogP contribution in [-0.2, 0) is 0 Å². The van der Waals surface area contributed by atoms with Gasteiger partial charge in [-0.15, -0.1) is 0 Å².